The molecule has 6 nitrogen and oxygen atoms in total. The molecule has 0 aliphatic heterocycles. The van der Waals surface area contributed by atoms with E-state index in [2.05, 4.69) is 15.6 Å². The minimum atomic E-state index is -0.427. The number of carbonyl (C=O) groups excluding carboxylic acids is 2. The standard InChI is InChI=1S/C27H24FN3O3/c1-34-22-11-12-24-23(16-22)20(17-30-24)15-25(31-26(32)19-5-3-2-4-6-19)27(33)29-14-13-18-7-9-21(28)10-8-18/h2-12,15-17,30H,13-14H2,1H3,(H,29,33)(H,31,32). The van der Waals surface area contributed by atoms with Gasteiger partial charge in [-0.1, -0.05) is 30.3 Å². The lowest BCUT2D eigenvalue weighted by Crippen LogP contribution is -2.35. The summed E-state index contributed by atoms with van der Waals surface area (Å²) in [6, 6.07) is 20.4. The van der Waals surface area contributed by atoms with Crippen LogP contribution in [0.25, 0.3) is 17.0 Å². The molecule has 4 aromatic rings. The number of ether oxygens (including phenoxy) is 1. The average Bonchev–Trinajstić information content (AvgIpc) is 3.27. The Bertz CT molecular complexity index is 1330. The number of H-pyrrole nitrogens is 1. The van der Waals surface area contributed by atoms with Crippen molar-refractivity contribution in [3.63, 3.8) is 0 Å². The van der Waals surface area contributed by atoms with E-state index in [4.69, 9.17) is 4.74 Å². The van der Waals surface area contributed by atoms with E-state index < -0.39 is 11.8 Å². The third-order valence-electron chi connectivity index (χ3n) is 5.36. The number of benzene rings is 3. The molecule has 3 N–H and O–H groups in total. The van der Waals surface area contributed by atoms with E-state index in [1.165, 1.54) is 12.1 Å². The number of fused-ring (bicyclic) bond motifs is 1. The molecule has 1 heterocycles. The van der Waals surface area contributed by atoms with Crippen molar-refractivity contribution in [3.05, 3.63) is 107 Å². The molecule has 4 rings (SSSR count). The lowest BCUT2D eigenvalue weighted by molar-refractivity contribution is -0.117. The van der Waals surface area contributed by atoms with E-state index in [-0.39, 0.29) is 11.5 Å². The summed E-state index contributed by atoms with van der Waals surface area (Å²) in [6.07, 6.45) is 3.92. The summed E-state index contributed by atoms with van der Waals surface area (Å²) >= 11 is 0. The van der Waals surface area contributed by atoms with Crippen molar-refractivity contribution in [2.24, 2.45) is 0 Å². The first-order valence-electron chi connectivity index (χ1n) is 10.8. The zero-order valence-corrected chi connectivity index (χ0v) is 18.6. The first-order valence-corrected chi connectivity index (χ1v) is 10.8. The van der Waals surface area contributed by atoms with Crippen LogP contribution in [0.4, 0.5) is 4.39 Å². The van der Waals surface area contributed by atoms with Gasteiger partial charge in [-0.05, 0) is 60.5 Å². The SMILES string of the molecule is COc1ccc2[nH]cc(C=C(NC(=O)c3ccccc3)C(=O)NCCc3ccc(F)cc3)c2c1. The van der Waals surface area contributed by atoms with Crippen molar-refractivity contribution in [1.82, 2.24) is 15.6 Å². The normalized spacial score (nSPS) is 11.3. The number of aromatic nitrogens is 1. The van der Waals surface area contributed by atoms with Crippen LogP contribution in [0.3, 0.4) is 0 Å². The maximum atomic E-state index is 13.1. The van der Waals surface area contributed by atoms with Crippen molar-refractivity contribution in [3.8, 4) is 5.75 Å². The largest absolute Gasteiger partial charge is 0.497 e. The van der Waals surface area contributed by atoms with E-state index in [1.54, 1.807) is 55.8 Å². The Hall–Kier alpha value is -4.39. The number of hydrogen-bond acceptors (Lipinski definition) is 3. The van der Waals surface area contributed by atoms with Crippen LogP contribution in [0, 0.1) is 5.82 Å². The summed E-state index contributed by atoms with van der Waals surface area (Å²) in [4.78, 5) is 29.0. The molecule has 0 unspecified atom stereocenters. The molecular formula is C27H24FN3O3. The summed E-state index contributed by atoms with van der Waals surface area (Å²) in [5.74, 6) is -0.445. The third kappa shape index (κ3) is 5.50. The van der Waals surface area contributed by atoms with Crippen molar-refractivity contribution in [2.75, 3.05) is 13.7 Å². The Morgan fingerprint density at radius 1 is 1.03 bits per heavy atom. The first kappa shape index (κ1) is 22.8. The molecule has 0 radical (unpaired) electrons. The fraction of sp³-hybridized carbons (Fsp3) is 0.111. The highest BCUT2D eigenvalue weighted by Gasteiger charge is 2.16. The number of amides is 2. The van der Waals surface area contributed by atoms with E-state index in [9.17, 15) is 14.0 Å². The summed E-state index contributed by atoms with van der Waals surface area (Å²) in [5.41, 5.74) is 3.04. The second kappa shape index (κ2) is 10.5. The maximum Gasteiger partial charge on any atom is 0.267 e. The summed E-state index contributed by atoms with van der Waals surface area (Å²) in [6.45, 7) is 0.324. The van der Waals surface area contributed by atoms with Crippen LogP contribution in [0.5, 0.6) is 5.75 Å². The van der Waals surface area contributed by atoms with Gasteiger partial charge in [0.25, 0.3) is 11.8 Å². The lowest BCUT2D eigenvalue weighted by Gasteiger charge is -2.11. The highest BCUT2D eigenvalue weighted by molar-refractivity contribution is 6.06. The van der Waals surface area contributed by atoms with Gasteiger partial charge in [-0.15, -0.1) is 0 Å². The van der Waals surface area contributed by atoms with E-state index in [0.717, 1.165) is 22.0 Å². The van der Waals surface area contributed by atoms with Gasteiger partial charge < -0.3 is 20.4 Å². The number of carbonyl (C=O) groups is 2. The first-order chi connectivity index (χ1) is 16.5. The number of halogens is 1. The van der Waals surface area contributed by atoms with Gasteiger partial charge in [0.05, 0.1) is 7.11 Å². The Morgan fingerprint density at radius 3 is 2.53 bits per heavy atom. The predicted octanol–water partition coefficient (Wildman–Crippen LogP) is 4.45. The van der Waals surface area contributed by atoms with Gasteiger partial charge in [-0.2, -0.15) is 0 Å². The van der Waals surface area contributed by atoms with Gasteiger partial charge in [0, 0.05) is 34.8 Å². The average molecular weight is 458 g/mol. The maximum absolute atomic E-state index is 13.1. The van der Waals surface area contributed by atoms with Gasteiger partial charge in [-0.25, -0.2) is 4.39 Å². The molecule has 0 bridgehead atoms. The number of nitrogens with one attached hydrogen (secondary N) is 3. The molecule has 0 atom stereocenters. The van der Waals surface area contributed by atoms with Crippen LogP contribution < -0.4 is 15.4 Å². The van der Waals surface area contributed by atoms with Crippen LogP contribution in [0.15, 0.2) is 84.7 Å². The van der Waals surface area contributed by atoms with E-state index in [0.29, 0.717) is 24.3 Å². The third-order valence-corrected chi connectivity index (χ3v) is 5.36. The Labute approximate surface area is 196 Å². The smallest absolute Gasteiger partial charge is 0.267 e. The molecule has 3 aromatic carbocycles. The van der Waals surface area contributed by atoms with Gasteiger partial charge in [0.1, 0.15) is 17.3 Å². The van der Waals surface area contributed by atoms with E-state index >= 15 is 0 Å². The van der Waals surface area contributed by atoms with Crippen LogP contribution in [-0.4, -0.2) is 30.5 Å². The van der Waals surface area contributed by atoms with Gasteiger partial charge in [0.15, 0.2) is 0 Å². The fourth-order valence-corrected chi connectivity index (χ4v) is 3.53. The zero-order valence-electron chi connectivity index (χ0n) is 18.6. The van der Waals surface area contributed by atoms with E-state index in [1.807, 2.05) is 24.3 Å². The molecule has 1 aromatic heterocycles. The number of rotatable bonds is 8. The molecule has 0 aliphatic rings. The van der Waals surface area contributed by atoms with Crippen molar-refractivity contribution in [1.29, 1.82) is 0 Å². The van der Waals surface area contributed by atoms with Crippen molar-refractivity contribution in [2.45, 2.75) is 6.42 Å². The van der Waals surface area contributed by atoms with Crippen LogP contribution in [0.1, 0.15) is 21.5 Å². The highest BCUT2D eigenvalue weighted by Crippen LogP contribution is 2.25. The molecule has 0 saturated heterocycles. The van der Waals surface area contributed by atoms with Gasteiger partial charge in [-0.3, -0.25) is 9.59 Å². The quantitative estimate of drug-likeness (QED) is 0.342. The minimum absolute atomic E-state index is 0.108. The zero-order chi connectivity index (χ0) is 23.9. The Balaban J connectivity index is 1.57. The Kier molecular flexibility index (Phi) is 7.03. The predicted molar refractivity (Wildman–Crippen MR) is 130 cm³/mol. The molecule has 0 aliphatic carbocycles. The monoisotopic (exact) mass is 457 g/mol. The topological polar surface area (TPSA) is 83.2 Å². The fourth-order valence-electron chi connectivity index (χ4n) is 3.53. The number of hydrogen-bond donors (Lipinski definition) is 3. The summed E-state index contributed by atoms with van der Waals surface area (Å²) < 4.78 is 18.4. The summed E-state index contributed by atoms with van der Waals surface area (Å²) in [7, 11) is 1.59. The lowest BCUT2D eigenvalue weighted by atomic mass is 10.1. The van der Waals surface area contributed by atoms with Crippen molar-refractivity contribution >= 4 is 28.8 Å². The minimum Gasteiger partial charge on any atom is -0.497 e. The van der Waals surface area contributed by atoms with Crippen LogP contribution in [0.2, 0.25) is 0 Å². The molecular weight excluding hydrogens is 433 g/mol. The Morgan fingerprint density at radius 2 is 1.79 bits per heavy atom. The molecule has 2 amide bonds. The molecule has 0 fully saturated rings. The number of aromatic amines is 1. The molecule has 172 valence electrons. The molecule has 0 spiro atoms. The van der Waals surface area contributed by atoms with Gasteiger partial charge >= 0.3 is 0 Å². The highest BCUT2D eigenvalue weighted by atomic mass is 19.1. The molecule has 34 heavy (non-hydrogen) atoms. The van der Waals surface area contributed by atoms with Crippen LogP contribution >= 0.6 is 0 Å². The van der Waals surface area contributed by atoms with Crippen LogP contribution in [-0.2, 0) is 11.2 Å². The summed E-state index contributed by atoms with van der Waals surface area (Å²) in [5, 5.41) is 6.42. The molecule has 7 heteroatoms. The second-order valence-corrected chi connectivity index (χ2v) is 7.67. The molecule has 0 saturated carbocycles. The second-order valence-electron chi connectivity index (χ2n) is 7.67. The van der Waals surface area contributed by atoms with Crippen molar-refractivity contribution < 1.29 is 18.7 Å². The number of methoxy groups -OCH3 is 1. The van der Waals surface area contributed by atoms with Gasteiger partial charge in [0.2, 0.25) is 0 Å².